The fourth-order valence-electron chi connectivity index (χ4n) is 3.06. The van der Waals surface area contributed by atoms with Gasteiger partial charge in [0.05, 0.1) is 17.6 Å². The lowest BCUT2D eigenvalue weighted by atomic mass is 10.2. The highest BCUT2D eigenvalue weighted by atomic mass is 35.5. The quantitative estimate of drug-likeness (QED) is 0.371. The number of fused-ring (bicyclic) bond motifs is 1. The number of nitrogens with zero attached hydrogens (tertiary/aromatic N) is 4. The van der Waals surface area contributed by atoms with Gasteiger partial charge in [0.2, 0.25) is 0 Å². The third-order valence-electron chi connectivity index (χ3n) is 4.45. The lowest BCUT2D eigenvalue weighted by Crippen LogP contribution is -2.15. The lowest BCUT2D eigenvalue weighted by Gasteiger charge is -2.06. The molecule has 0 aliphatic rings. The maximum atomic E-state index is 12.7. The Morgan fingerprint density at radius 1 is 1.19 bits per heavy atom. The van der Waals surface area contributed by atoms with E-state index >= 15 is 0 Å². The molecule has 0 aliphatic heterocycles. The van der Waals surface area contributed by atoms with Gasteiger partial charge in [-0.25, -0.2) is 14.5 Å². The Morgan fingerprint density at radius 2 is 2.10 bits per heavy atom. The second-order valence-electron chi connectivity index (χ2n) is 6.50. The lowest BCUT2D eigenvalue weighted by molar-refractivity contribution is 0.0460. The predicted octanol–water partition coefficient (Wildman–Crippen LogP) is 4.21. The molecule has 31 heavy (non-hydrogen) atoms. The summed E-state index contributed by atoms with van der Waals surface area (Å²) in [6, 6.07) is 13.5. The van der Waals surface area contributed by atoms with Gasteiger partial charge in [-0.05, 0) is 30.3 Å². The number of furan rings is 1. The Balaban J connectivity index is 1.44. The predicted molar refractivity (Wildman–Crippen MR) is 115 cm³/mol. The van der Waals surface area contributed by atoms with Crippen LogP contribution in [0.15, 0.2) is 75.6 Å². The second kappa shape index (κ2) is 7.86. The van der Waals surface area contributed by atoms with Crippen molar-refractivity contribution in [3.05, 3.63) is 93.1 Å². The number of halogens is 1. The smallest absolute Gasteiger partial charge is 0.359 e. The van der Waals surface area contributed by atoms with Crippen LogP contribution in [0.2, 0.25) is 5.02 Å². The molecule has 154 valence electrons. The molecule has 0 saturated carbocycles. The minimum absolute atomic E-state index is 0.0836. The molecule has 0 spiro atoms. The molecule has 8 nitrogen and oxygen atoms in total. The molecule has 0 unspecified atom stereocenters. The zero-order valence-electron chi connectivity index (χ0n) is 15.8. The van der Waals surface area contributed by atoms with Crippen molar-refractivity contribution < 1.29 is 13.9 Å². The molecule has 0 atom stereocenters. The molecular formula is C21H13ClN4O4S. The summed E-state index contributed by atoms with van der Waals surface area (Å²) < 4.78 is 13.8. The van der Waals surface area contributed by atoms with Crippen LogP contribution in [0.3, 0.4) is 0 Å². The van der Waals surface area contributed by atoms with Crippen LogP contribution in [0, 0.1) is 0 Å². The van der Waals surface area contributed by atoms with Crippen molar-refractivity contribution in [2.24, 2.45) is 0 Å². The van der Waals surface area contributed by atoms with E-state index in [2.05, 4.69) is 10.1 Å². The zero-order chi connectivity index (χ0) is 21.4. The van der Waals surface area contributed by atoms with Gasteiger partial charge in [0.1, 0.15) is 12.3 Å². The van der Waals surface area contributed by atoms with E-state index in [1.807, 2.05) is 6.07 Å². The van der Waals surface area contributed by atoms with Gasteiger partial charge in [-0.1, -0.05) is 17.7 Å². The van der Waals surface area contributed by atoms with E-state index < -0.39 is 5.97 Å². The average molecular weight is 453 g/mol. The van der Waals surface area contributed by atoms with Crippen LogP contribution < -0.4 is 5.56 Å². The zero-order valence-corrected chi connectivity index (χ0v) is 17.3. The third kappa shape index (κ3) is 3.76. The van der Waals surface area contributed by atoms with E-state index in [9.17, 15) is 9.59 Å². The van der Waals surface area contributed by atoms with Gasteiger partial charge in [-0.3, -0.25) is 9.20 Å². The van der Waals surface area contributed by atoms with Crippen LogP contribution in [0.25, 0.3) is 22.1 Å². The first kappa shape index (κ1) is 19.3. The Kier molecular flexibility index (Phi) is 4.89. The van der Waals surface area contributed by atoms with E-state index in [0.29, 0.717) is 32.8 Å². The number of hydrogen-bond donors (Lipinski definition) is 0. The van der Waals surface area contributed by atoms with Crippen molar-refractivity contribution in [2.45, 2.75) is 6.61 Å². The van der Waals surface area contributed by atoms with Gasteiger partial charge in [-0.2, -0.15) is 5.10 Å². The molecule has 4 heterocycles. The molecule has 0 bridgehead atoms. The van der Waals surface area contributed by atoms with Gasteiger partial charge in [0.15, 0.2) is 16.4 Å². The van der Waals surface area contributed by atoms with Crippen LogP contribution in [-0.2, 0) is 11.3 Å². The number of ether oxygens (including phenoxy) is 1. The Labute approximate surface area is 183 Å². The van der Waals surface area contributed by atoms with Gasteiger partial charge in [-0.15, -0.1) is 11.3 Å². The van der Waals surface area contributed by atoms with Crippen molar-refractivity contribution in [3.63, 3.8) is 0 Å². The molecule has 1 aromatic carbocycles. The number of thiazole rings is 1. The summed E-state index contributed by atoms with van der Waals surface area (Å²) in [5.41, 5.74) is 1.44. The molecule has 5 rings (SSSR count). The maximum Gasteiger partial charge on any atom is 0.359 e. The van der Waals surface area contributed by atoms with Gasteiger partial charge in [0.25, 0.3) is 5.56 Å². The van der Waals surface area contributed by atoms with Crippen molar-refractivity contribution in [3.8, 4) is 17.1 Å². The SMILES string of the molecule is O=C(OCc1cc(=O)n2ccsc2n1)c1cc(-c2ccco2)n(-c2cccc(Cl)c2)n1. The highest BCUT2D eigenvalue weighted by Gasteiger charge is 2.20. The molecule has 0 saturated heterocycles. The highest BCUT2D eigenvalue weighted by Crippen LogP contribution is 2.26. The summed E-state index contributed by atoms with van der Waals surface area (Å²) in [6.45, 7) is -0.150. The summed E-state index contributed by atoms with van der Waals surface area (Å²) in [5.74, 6) is -0.119. The fraction of sp³-hybridized carbons (Fsp3) is 0.0476. The van der Waals surface area contributed by atoms with Crippen molar-refractivity contribution in [1.82, 2.24) is 19.2 Å². The Hall–Kier alpha value is -3.69. The molecule has 5 aromatic rings. The first-order chi connectivity index (χ1) is 15.1. The molecular weight excluding hydrogens is 440 g/mol. The molecule has 10 heteroatoms. The number of carbonyl (C=O) groups excluding carboxylic acids is 1. The normalized spacial score (nSPS) is 11.1. The molecule has 0 N–H and O–H groups in total. The largest absolute Gasteiger partial charge is 0.463 e. The van der Waals surface area contributed by atoms with Crippen LogP contribution in [0.1, 0.15) is 16.2 Å². The Bertz CT molecular complexity index is 1450. The third-order valence-corrected chi connectivity index (χ3v) is 5.44. The number of rotatable bonds is 5. The average Bonchev–Trinajstić information content (AvgIpc) is 3.52. The number of esters is 1. The van der Waals surface area contributed by atoms with Crippen molar-refractivity contribution in [2.75, 3.05) is 0 Å². The molecule has 0 radical (unpaired) electrons. The molecule has 0 fully saturated rings. The summed E-state index contributed by atoms with van der Waals surface area (Å²) in [4.78, 5) is 29.6. The molecule has 0 aliphatic carbocycles. The maximum absolute atomic E-state index is 12.7. The monoisotopic (exact) mass is 452 g/mol. The first-order valence-corrected chi connectivity index (χ1v) is 10.4. The fourth-order valence-corrected chi connectivity index (χ4v) is 3.98. The van der Waals surface area contributed by atoms with Gasteiger partial charge < -0.3 is 9.15 Å². The van der Waals surface area contributed by atoms with Crippen molar-refractivity contribution in [1.29, 1.82) is 0 Å². The highest BCUT2D eigenvalue weighted by molar-refractivity contribution is 7.15. The number of carbonyl (C=O) groups is 1. The van der Waals surface area contributed by atoms with Crippen LogP contribution in [-0.4, -0.2) is 25.1 Å². The van der Waals surface area contributed by atoms with E-state index in [1.54, 1.807) is 52.7 Å². The summed E-state index contributed by atoms with van der Waals surface area (Å²) in [5, 5.41) is 6.68. The van der Waals surface area contributed by atoms with E-state index in [-0.39, 0.29) is 17.9 Å². The number of benzene rings is 1. The standard InChI is InChI=1S/C21H13ClN4O4S/c22-13-3-1-4-15(9-13)26-17(18-5-2-7-29-18)11-16(24-26)20(28)30-12-14-10-19(27)25-6-8-31-21(25)23-14/h1-11H,12H2. The van der Waals surface area contributed by atoms with Crippen LogP contribution in [0.5, 0.6) is 0 Å². The van der Waals surface area contributed by atoms with E-state index in [0.717, 1.165) is 0 Å². The first-order valence-electron chi connectivity index (χ1n) is 9.11. The van der Waals surface area contributed by atoms with Crippen LogP contribution in [0.4, 0.5) is 0 Å². The summed E-state index contributed by atoms with van der Waals surface area (Å²) >= 11 is 7.44. The van der Waals surface area contributed by atoms with E-state index in [1.165, 1.54) is 28.1 Å². The van der Waals surface area contributed by atoms with E-state index in [4.69, 9.17) is 20.8 Å². The minimum atomic E-state index is -0.651. The molecule has 0 amide bonds. The second-order valence-corrected chi connectivity index (χ2v) is 7.81. The van der Waals surface area contributed by atoms with Crippen molar-refractivity contribution >= 4 is 33.9 Å². The summed E-state index contributed by atoms with van der Waals surface area (Å²) in [7, 11) is 0. The van der Waals surface area contributed by atoms with Crippen LogP contribution >= 0.6 is 22.9 Å². The topological polar surface area (TPSA) is 91.6 Å². The summed E-state index contributed by atoms with van der Waals surface area (Å²) in [6.07, 6.45) is 3.18. The Morgan fingerprint density at radius 3 is 2.90 bits per heavy atom. The molecule has 4 aromatic heterocycles. The van der Waals surface area contributed by atoms with Gasteiger partial charge >= 0.3 is 5.97 Å². The number of hydrogen-bond acceptors (Lipinski definition) is 7. The van der Waals surface area contributed by atoms with Gasteiger partial charge in [0, 0.05) is 28.7 Å². The number of aromatic nitrogens is 4. The minimum Gasteiger partial charge on any atom is -0.463 e.